The van der Waals surface area contributed by atoms with E-state index in [2.05, 4.69) is 4.98 Å². The van der Waals surface area contributed by atoms with Crippen LogP contribution < -0.4 is 10.5 Å². The molecule has 7 heteroatoms. The number of fused-ring (bicyclic) bond motifs is 1. The monoisotopic (exact) mass is 393 g/mol. The quantitative estimate of drug-likeness (QED) is 0.601. The number of hydrogen-bond acceptors (Lipinski definition) is 5. The predicted octanol–water partition coefficient (Wildman–Crippen LogP) is 2.46. The van der Waals surface area contributed by atoms with E-state index in [4.69, 9.17) is 4.74 Å². The number of nitrogens with zero attached hydrogens (tertiary/aromatic N) is 3. The predicted molar refractivity (Wildman–Crippen MR) is 111 cm³/mol. The highest BCUT2D eigenvalue weighted by Crippen LogP contribution is 2.14. The molecule has 0 bridgehead atoms. The molecule has 0 saturated carbocycles. The van der Waals surface area contributed by atoms with E-state index < -0.39 is 12.1 Å². The molecular weight excluding hydrogens is 370 g/mol. The number of hydrogen-bond donors (Lipinski definition) is 0. The Kier molecular flexibility index (Phi) is 6.07. The van der Waals surface area contributed by atoms with E-state index in [1.54, 1.807) is 51.4 Å². The van der Waals surface area contributed by atoms with Crippen LogP contribution in [0.2, 0.25) is 0 Å². The van der Waals surface area contributed by atoms with Crippen molar-refractivity contribution in [3.63, 3.8) is 0 Å². The number of aryl methyl sites for hydroxylation is 1. The molecule has 0 aliphatic carbocycles. The summed E-state index contributed by atoms with van der Waals surface area (Å²) in [6.07, 6.45) is -0.656. The first-order valence-electron chi connectivity index (χ1n) is 9.35. The zero-order valence-corrected chi connectivity index (χ0v) is 16.7. The van der Waals surface area contributed by atoms with Crippen molar-refractivity contribution < 1.29 is 14.3 Å². The van der Waals surface area contributed by atoms with Gasteiger partial charge >= 0.3 is 5.97 Å². The third kappa shape index (κ3) is 4.51. The van der Waals surface area contributed by atoms with Crippen LogP contribution in [0.15, 0.2) is 59.4 Å². The van der Waals surface area contributed by atoms with Gasteiger partial charge in [0.2, 0.25) is 0 Å². The highest BCUT2D eigenvalue weighted by Gasteiger charge is 2.22. The first-order valence-corrected chi connectivity index (χ1v) is 9.35. The Hall–Kier alpha value is -3.48. The maximum atomic E-state index is 12.5. The highest BCUT2D eigenvalue weighted by molar-refractivity contribution is 5.96. The Balaban J connectivity index is 1.63. The van der Waals surface area contributed by atoms with Crippen molar-refractivity contribution >= 4 is 28.5 Å². The molecule has 150 valence electrons. The molecule has 0 aliphatic rings. The number of esters is 1. The van der Waals surface area contributed by atoms with E-state index in [1.165, 1.54) is 9.47 Å². The van der Waals surface area contributed by atoms with E-state index in [1.807, 2.05) is 24.3 Å². The molecule has 0 radical (unpaired) electrons. The van der Waals surface area contributed by atoms with Crippen LogP contribution in [0.25, 0.3) is 10.9 Å². The number of anilines is 1. The standard InChI is InChI=1S/C22H23N3O4/c1-15(21(27)24(2)16-9-5-4-6-10-16)29-20(26)14-13-19-23-18-12-8-7-11-17(18)22(28)25(19)3/h4-12,15H,13-14H2,1-3H3. The minimum absolute atomic E-state index is 0.0191. The summed E-state index contributed by atoms with van der Waals surface area (Å²) in [7, 11) is 3.26. The second-order valence-corrected chi connectivity index (χ2v) is 6.77. The van der Waals surface area contributed by atoms with E-state index in [9.17, 15) is 14.4 Å². The molecule has 0 N–H and O–H groups in total. The first kappa shape index (κ1) is 20.3. The number of carbonyl (C=O) groups excluding carboxylic acids is 2. The van der Waals surface area contributed by atoms with E-state index >= 15 is 0 Å². The van der Waals surface area contributed by atoms with Crippen molar-refractivity contribution in [3.8, 4) is 0 Å². The van der Waals surface area contributed by atoms with Gasteiger partial charge in [0.1, 0.15) is 5.82 Å². The number of rotatable bonds is 6. The number of carbonyl (C=O) groups is 2. The zero-order chi connectivity index (χ0) is 21.0. The van der Waals surface area contributed by atoms with Gasteiger partial charge in [-0.05, 0) is 31.2 Å². The van der Waals surface area contributed by atoms with Gasteiger partial charge in [0, 0.05) is 26.2 Å². The topological polar surface area (TPSA) is 81.5 Å². The van der Waals surface area contributed by atoms with Gasteiger partial charge in [0.05, 0.1) is 17.3 Å². The number of amides is 1. The van der Waals surface area contributed by atoms with Crippen LogP contribution in [0.5, 0.6) is 0 Å². The summed E-state index contributed by atoms with van der Waals surface area (Å²) in [5.41, 5.74) is 1.15. The smallest absolute Gasteiger partial charge is 0.307 e. The molecule has 1 aromatic heterocycles. The fourth-order valence-corrected chi connectivity index (χ4v) is 3.06. The van der Waals surface area contributed by atoms with Crippen molar-refractivity contribution in [2.24, 2.45) is 7.05 Å². The zero-order valence-electron chi connectivity index (χ0n) is 16.7. The molecule has 1 heterocycles. The number of benzene rings is 2. The van der Waals surface area contributed by atoms with Crippen LogP contribution >= 0.6 is 0 Å². The largest absolute Gasteiger partial charge is 0.453 e. The SMILES string of the molecule is CC(OC(=O)CCc1nc2ccccc2c(=O)n1C)C(=O)N(C)c1ccccc1. The third-order valence-electron chi connectivity index (χ3n) is 4.76. The van der Waals surface area contributed by atoms with Crippen molar-refractivity contribution in [2.45, 2.75) is 25.9 Å². The second kappa shape index (κ2) is 8.68. The van der Waals surface area contributed by atoms with Gasteiger partial charge in [-0.1, -0.05) is 30.3 Å². The van der Waals surface area contributed by atoms with Gasteiger partial charge in [-0.3, -0.25) is 19.0 Å². The summed E-state index contributed by atoms with van der Waals surface area (Å²) in [4.78, 5) is 43.1. The molecule has 1 unspecified atom stereocenters. The summed E-state index contributed by atoms with van der Waals surface area (Å²) in [6, 6.07) is 16.2. The minimum Gasteiger partial charge on any atom is -0.453 e. The lowest BCUT2D eigenvalue weighted by atomic mass is 10.2. The van der Waals surface area contributed by atoms with Crippen LogP contribution in [0.4, 0.5) is 5.69 Å². The Labute approximate surface area is 168 Å². The molecule has 2 aromatic carbocycles. The van der Waals surface area contributed by atoms with Gasteiger partial charge in [-0.2, -0.15) is 0 Å². The number of ether oxygens (including phenoxy) is 1. The molecule has 29 heavy (non-hydrogen) atoms. The summed E-state index contributed by atoms with van der Waals surface area (Å²) < 4.78 is 6.73. The summed E-state index contributed by atoms with van der Waals surface area (Å²) in [5, 5.41) is 0.532. The fourth-order valence-electron chi connectivity index (χ4n) is 3.06. The molecular formula is C22H23N3O4. The van der Waals surface area contributed by atoms with E-state index in [0.29, 0.717) is 16.7 Å². The normalized spacial score (nSPS) is 11.8. The fraction of sp³-hybridized carbons (Fsp3) is 0.273. The van der Waals surface area contributed by atoms with Crippen LogP contribution in [-0.4, -0.2) is 34.6 Å². The third-order valence-corrected chi connectivity index (χ3v) is 4.76. The molecule has 3 rings (SSSR count). The Morgan fingerprint density at radius 1 is 1.10 bits per heavy atom. The van der Waals surface area contributed by atoms with Crippen molar-refractivity contribution in [3.05, 3.63) is 70.8 Å². The minimum atomic E-state index is -0.916. The van der Waals surface area contributed by atoms with Gasteiger partial charge < -0.3 is 9.64 Å². The number of para-hydroxylation sites is 2. The molecule has 0 aliphatic heterocycles. The Morgan fingerprint density at radius 3 is 2.48 bits per heavy atom. The van der Waals surface area contributed by atoms with Crippen LogP contribution in [0, 0.1) is 0 Å². The number of aromatic nitrogens is 2. The summed E-state index contributed by atoms with van der Waals surface area (Å²) in [6.45, 7) is 1.55. The number of likely N-dealkylation sites (N-methyl/N-ethyl adjacent to an activating group) is 1. The average molecular weight is 393 g/mol. The summed E-state index contributed by atoms with van der Waals surface area (Å²) in [5.74, 6) is -0.346. The maximum absolute atomic E-state index is 12.5. The van der Waals surface area contributed by atoms with E-state index in [-0.39, 0.29) is 24.3 Å². The first-order chi connectivity index (χ1) is 13.9. The second-order valence-electron chi connectivity index (χ2n) is 6.77. The average Bonchev–Trinajstić information content (AvgIpc) is 2.74. The molecule has 1 atom stereocenters. The lowest BCUT2D eigenvalue weighted by Crippen LogP contribution is -2.37. The van der Waals surface area contributed by atoms with Crippen molar-refractivity contribution in [1.29, 1.82) is 0 Å². The summed E-state index contributed by atoms with van der Waals surface area (Å²) >= 11 is 0. The highest BCUT2D eigenvalue weighted by atomic mass is 16.5. The lowest BCUT2D eigenvalue weighted by molar-refractivity contribution is -0.153. The Bertz CT molecular complexity index is 1090. The molecule has 0 fully saturated rings. The molecule has 0 saturated heterocycles. The molecule has 1 amide bonds. The van der Waals surface area contributed by atoms with Crippen molar-refractivity contribution in [2.75, 3.05) is 11.9 Å². The Morgan fingerprint density at radius 2 is 1.76 bits per heavy atom. The van der Waals surface area contributed by atoms with Crippen LogP contribution in [0.1, 0.15) is 19.2 Å². The molecule has 7 nitrogen and oxygen atoms in total. The molecule has 0 spiro atoms. The molecule has 3 aromatic rings. The van der Waals surface area contributed by atoms with Crippen LogP contribution in [-0.2, 0) is 27.8 Å². The van der Waals surface area contributed by atoms with Gasteiger partial charge in [0.15, 0.2) is 6.10 Å². The van der Waals surface area contributed by atoms with Crippen molar-refractivity contribution in [1.82, 2.24) is 9.55 Å². The van der Waals surface area contributed by atoms with Gasteiger partial charge in [-0.15, -0.1) is 0 Å². The van der Waals surface area contributed by atoms with Crippen LogP contribution in [0.3, 0.4) is 0 Å². The van der Waals surface area contributed by atoms with Gasteiger partial charge in [0.25, 0.3) is 11.5 Å². The maximum Gasteiger partial charge on any atom is 0.307 e. The van der Waals surface area contributed by atoms with Gasteiger partial charge in [-0.25, -0.2) is 4.98 Å². The lowest BCUT2D eigenvalue weighted by Gasteiger charge is -2.21. The van der Waals surface area contributed by atoms with E-state index in [0.717, 1.165) is 5.69 Å².